The lowest BCUT2D eigenvalue weighted by Crippen LogP contribution is -2.13. The molecular formula is C22H20N4O5. The van der Waals surface area contributed by atoms with Crippen molar-refractivity contribution in [2.45, 2.75) is 0 Å². The van der Waals surface area contributed by atoms with Crippen LogP contribution in [0.5, 0.6) is 11.5 Å². The van der Waals surface area contributed by atoms with E-state index in [1.807, 2.05) is 6.07 Å². The van der Waals surface area contributed by atoms with Gasteiger partial charge in [0.2, 0.25) is 0 Å². The number of methoxy groups -OCH3 is 3. The molecule has 3 N–H and O–H groups in total. The lowest BCUT2D eigenvalue weighted by molar-refractivity contribution is 0.0593. The van der Waals surface area contributed by atoms with E-state index in [1.165, 1.54) is 25.0 Å². The van der Waals surface area contributed by atoms with Crippen LogP contribution in [0, 0.1) is 11.3 Å². The molecule has 9 heteroatoms. The molecule has 0 bridgehead atoms. The number of nitrogens with one attached hydrogen (secondary N) is 1. The number of amides is 1. The van der Waals surface area contributed by atoms with E-state index in [4.69, 9.17) is 19.9 Å². The largest absolute Gasteiger partial charge is 0.497 e. The minimum absolute atomic E-state index is 0.0187. The van der Waals surface area contributed by atoms with Crippen LogP contribution in [0.3, 0.4) is 0 Å². The van der Waals surface area contributed by atoms with Crippen LogP contribution in [-0.2, 0) is 4.74 Å². The maximum absolute atomic E-state index is 12.6. The third kappa shape index (κ3) is 4.13. The number of nitriles is 1. The molecule has 2 aromatic carbocycles. The zero-order valence-electron chi connectivity index (χ0n) is 17.1. The Bertz CT molecular complexity index is 1180. The highest BCUT2D eigenvalue weighted by atomic mass is 16.5. The Morgan fingerprint density at radius 1 is 1.06 bits per heavy atom. The van der Waals surface area contributed by atoms with E-state index in [9.17, 15) is 14.9 Å². The summed E-state index contributed by atoms with van der Waals surface area (Å²) in [7, 11) is 4.22. The Morgan fingerprint density at radius 3 is 2.35 bits per heavy atom. The van der Waals surface area contributed by atoms with Gasteiger partial charge in [0, 0.05) is 23.5 Å². The van der Waals surface area contributed by atoms with Crippen LogP contribution in [0.1, 0.15) is 26.4 Å². The molecule has 0 fully saturated rings. The molecule has 9 nitrogen and oxygen atoms in total. The van der Waals surface area contributed by atoms with E-state index in [2.05, 4.69) is 5.32 Å². The molecule has 0 aliphatic rings. The van der Waals surface area contributed by atoms with Crippen LogP contribution in [0.25, 0.3) is 5.69 Å². The number of hydrogen-bond donors (Lipinski definition) is 2. The summed E-state index contributed by atoms with van der Waals surface area (Å²) in [4.78, 5) is 24.8. The molecule has 1 aromatic heterocycles. The van der Waals surface area contributed by atoms with Gasteiger partial charge < -0.3 is 29.8 Å². The number of ether oxygens (including phenoxy) is 3. The minimum atomic E-state index is -0.685. The highest BCUT2D eigenvalue weighted by Crippen LogP contribution is 2.31. The molecule has 31 heavy (non-hydrogen) atoms. The second kappa shape index (κ2) is 8.92. The molecule has 0 aliphatic heterocycles. The molecule has 0 saturated heterocycles. The van der Waals surface area contributed by atoms with Gasteiger partial charge >= 0.3 is 5.97 Å². The molecule has 0 unspecified atom stereocenters. The number of nitrogen functional groups attached to an aromatic ring is 1. The second-order valence-corrected chi connectivity index (χ2v) is 6.35. The van der Waals surface area contributed by atoms with Gasteiger partial charge in [0.05, 0.1) is 38.3 Å². The van der Waals surface area contributed by atoms with Crippen LogP contribution in [0.2, 0.25) is 0 Å². The first kappa shape index (κ1) is 21.3. The van der Waals surface area contributed by atoms with Gasteiger partial charge in [0.1, 0.15) is 17.6 Å². The predicted molar refractivity (Wildman–Crippen MR) is 114 cm³/mol. The number of hydrogen-bond acceptors (Lipinski definition) is 7. The molecule has 3 rings (SSSR count). The van der Waals surface area contributed by atoms with E-state index in [1.54, 1.807) is 49.6 Å². The van der Waals surface area contributed by atoms with Crippen molar-refractivity contribution in [2.24, 2.45) is 0 Å². The first-order valence-electron chi connectivity index (χ1n) is 9.06. The number of esters is 1. The quantitative estimate of drug-likeness (QED) is 0.587. The monoisotopic (exact) mass is 420 g/mol. The molecule has 0 saturated carbocycles. The summed E-state index contributed by atoms with van der Waals surface area (Å²) in [6.07, 6.45) is 1.44. The molecule has 3 aromatic rings. The number of nitrogens with two attached hydrogens (primary N) is 1. The third-order valence-electron chi connectivity index (χ3n) is 4.61. The van der Waals surface area contributed by atoms with Gasteiger partial charge in [-0.3, -0.25) is 4.79 Å². The molecule has 1 amide bonds. The number of nitrogens with zero attached hydrogens (tertiary/aromatic N) is 2. The molecule has 0 aliphatic carbocycles. The zero-order valence-corrected chi connectivity index (χ0v) is 17.1. The fraction of sp³-hybridized carbons (Fsp3) is 0.136. The number of benzene rings is 2. The summed E-state index contributed by atoms with van der Waals surface area (Å²) in [6, 6.07) is 13.5. The van der Waals surface area contributed by atoms with Gasteiger partial charge in [-0.05, 0) is 36.4 Å². The summed E-state index contributed by atoms with van der Waals surface area (Å²) < 4.78 is 16.7. The van der Waals surface area contributed by atoms with Crippen molar-refractivity contribution in [3.63, 3.8) is 0 Å². The first-order valence-corrected chi connectivity index (χ1v) is 9.06. The standard InChI is InChI=1S/C22H20N4O5/c1-29-16-7-4-13(5-8-16)21(27)25-17-9-6-15(10-18(17)30-2)26-12-14(11-23)19(24)20(26)22(28)31-3/h4-10,12H,24H2,1-3H3,(H,25,27). The highest BCUT2D eigenvalue weighted by molar-refractivity contribution is 6.05. The van der Waals surface area contributed by atoms with Crippen LogP contribution in [-0.4, -0.2) is 37.8 Å². The fourth-order valence-electron chi connectivity index (χ4n) is 2.99. The Kier molecular flexibility index (Phi) is 6.12. The van der Waals surface area contributed by atoms with E-state index >= 15 is 0 Å². The first-order chi connectivity index (χ1) is 14.9. The van der Waals surface area contributed by atoms with Crippen molar-refractivity contribution >= 4 is 23.3 Å². The average molecular weight is 420 g/mol. The SMILES string of the molecule is COC(=O)c1c(N)c(C#N)cn1-c1ccc(NC(=O)c2ccc(OC)cc2)c(OC)c1. The normalized spacial score (nSPS) is 10.1. The summed E-state index contributed by atoms with van der Waals surface area (Å²) in [5, 5.41) is 12.1. The number of aromatic nitrogens is 1. The predicted octanol–water partition coefficient (Wildman–Crippen LogP) is 2.99. The van der Waals surface area contributed by atoms with Gasteiger partial charge in [-0.1, -0.05) is 0 Å². The van der Waals surface area contributed by atoms with Crippen molar-refractivity contribution in [3.05, 3.63) is 65.5 Å². The van der Waals surface area contributed by atoms with Crippen molar-refractivity contribution < 1.29 is 23.8 Å². The van der Waals surface area contributed by atoms with Crippen LogP contribution in [0.15, 0.2) is 48.7 Å². The van der Waals surface area contributed by atoms with E-state index in [0.717, 1.165) is 0 Å². The summed E-state index contributed by atoms with van der Waals surface area (Å²) >= 11 is 0. The Morgan fingerprint density at radius 2 is 1.77 bits per heavy atom. The summed E-state index contributed by atoms with van der Waals surface area (Å²) in [5.74, 6) is -0.0284. The van der Waals surface area contributed by atoms with Crippen LogP contribution in [0.4, 0.5) is 11.4 Å². The van der Waals surface area contributed by atoms with Crippen molar-refractivity contribution in [1.82, 2.24) is 4.57 Å². The Labute approximate surface area is 178 Å². The van der Waals surface area contributed by atoms with Crippen molar-refractivity contribution in [2.75, 3.05) is 32.4 Å². The van der Waals surface area contributed by atoms with Gasteiger partial charge in [-0.2, -0.15) is 5.26 Å². The molecule has 0 radical (unpaired) electrons. The topological polar surface area (TPSA) is 129 Å². The van der Waals surface area contributed by atoms with Crippen molar-refractivity contribution in [3.8, 4) is 23.3 Å². The lowest BCUT2D eigenvalue weighted by atomic mass is 10.2. The number of anilines is 2. The minimum Gasteiger partial charge on any atom is -0.497 e. The van der Waals surface area contributed by atoms with Crippen LogP contribution >= 0.6 is 0 Å². The summed E-state index contributed by atoms with van der Waals surface area (Å²) in [6.45, 7) is 0. The maximum Gasteiger partial charge on any atom is 0.357 e. The van der Waals surface area contributed by atoms with Crippen LogP contribution < -0.4 is 20.5 Å². The Hall–Kier alpha value is -4.45. The third-order valence-corrected chi connectivity index (χ3v) is 4.61. The molecule has 158 valence electrons. The van der Waals surface area contributed by atoms with Gasteiger partial charge in [-0.25, -0.2) is 4.79 Å². The number of carbonyl (C=O) groups excluding carboxylic acids is 2. The van der Waals surface area contributed by atoms with Gasteiger partial charge in [0.25, 0.3) is 5.91 Å². The zero-order chi connectivity index (χ0) is 22.5. The summed E-state index contributed by atoms with van der Waals surface area (Å²) in [5.41, 5.74) is 7.48. The van der Waals surface area contributed by atoms with E-state index in [-0.39, 0.29) is 22.9 Å². The fourth-order valence-corrected chi connectivity index (χ4v) is 2.99. The average Bonchev–Trinajstić information content (AvgIpc) is 3.14. The molecule has 1 heterocycles. The lowest BCUT2D eigenvalue weighted by Gasteiger charge is -2.14. The van der Waals surface area contributed by atoms with E-state index < -0.39 is 5.97 Å². The van der Waals surface area contributed by atoms with Crippen molar-refractivity contribution in [1.29, 1.82) is 5.26 Å². The van der Waals surface area contributed by atoms with E-state index in [0.29, 0.717) is 28.4 Å². The smallest absolute Gasteiger partial charge is 0.357 e. The van der Waals surface area contributed by atoms with Gasteiger partial charge in [0.15, 0.2) is 5.69 Å². The van der Waals surface area contributed by atoms with Gasteiger partial charge in [-0.15, -0.1) is 0 Å². The number of carbonyl (C=O) groups is 2. The highest BCUT2D eigenvalue weighted by Gasteiger charge is 2.22. The molecule has 0 spiro atoms. The molecule has 0 atom stereocenters. The maximum atomic E-state index is 12.6. The second-order valence-electron chi connectivity index (χ2n) is 6.35. The number of rotatable bonds is 6. The Balaban J connectivity index is 1.96. The molecular weight excluding hydrogens is 400 g/mol.